The molecule has 4 nitrogen and oxygen atoms in total. The van der Waals surface area contributed by atoms with E-state index < -0.39 is 6.61 Å². The first-order valence-corrected chi connectivity index (χ1v) is 8.44. The molecule has 0 spiro atoms. The minimum Gasteiger partial charge on any atom is -0.434 e. The van der Waals surface area contributed by atoms with Crippen molar-refractivity contribution in [1.82, 2.24) is 10.2 Å². The number of nitrogens with one attached hydrogen (secondary N) is 1. The Labute approximate surface area is 153 Å². The van der Waals surface area contributed by atoms with Crippen molar-refractivity contribution in [2.24, 2.45) is 0 Å². The predicted octanol–water partition coefficient (Wildman–Crippen LogP) is 3.68. The van der Waals surface area contributed by atoms with Crippen molar-refractivity contribution in [2.75, 3.05) is 7.05 Å². The molecule has 2 atom stereocenters. The summed E-state index contributed by atoms with van der Waals surface area (Å²) in [7, 11) is 1.84. The van der Waals surface area contributed by atoms with Crippen LogP contribution >= 0.6 is 12.4 Å². The lowest BCUT2D eigenvalue weighted by molar-refractivity contribution is -0.0507. The van der Waals surface area contributed by atoms with Gasteiger partial charge in [-0.25, -0.2) is 0 Å². The molecular formula is C18H25ClF2N2O2. The molecule has 2 unspecified atom stereocenters. The Bertz CT molecular complexity index is 606. The van der Waals surface area contributed by atoms with Crippen molar-refractivity contribution in [3.63, 3.8) is 0 Å². The van der Waals surface area contributed by atoms with Crippen LogP contribution in [0.1, 0.15) is 47.2 Å². The van der Waals surface area contributed by atoms with Crippen molar-refractivity contribution in [3.8, 4) is 5.75 Å². The number of amides is 1. The summed E-state index contributed by atoms with van der Waals surface area (Å²) in [6.45, 7) is 0.509. The van der Waals surface area contributed by atoms with Crippen LogP contribution in [-0.2, 0) is 0 Å². The molecule has 140 valence electrons. The predicted molar refractivity (Wildman–Crippen MR) is 94.9 cm³/mol. The van der Waals surface area contributed by atoms with E-state index in [2.05, 4.69) is 10.1 Å². The summed E-state index contributed by atoms with van der Waals surface area (Å²) in [6.07, 6.45) is 4.31. The number of carbonyl (C=O) groups excluding carboxylic acids is 1. The standard InChI is InChI=1S/C18H24F2N2O2.ClH/c1-10-6-12(7-11(2)16(10)24-18(19)20)17(23)22(3)15-8-13-4-5-14(9-15)21-13;/h6-7,13-15,18,21H,4-5,8-9H2,1-3H3;1H. The monoisotopic (exact) mass is 374 g/mol. The molecule has 2 fully saturated rings. The molecule has 0 saturated carbocycles. The molecule has 2 aliphatic heterocycles. The number of fused-ring (bicyclic) bond motifs is 2. The van der Waals surface area contributed by atoms with Crippen LogP contribution in [0.5, 0.6) is 5.75 Å². The summed E-state index contributed by atoms with van der Waals surface area (Å²) in [5, 5.41) is 3.57. The number of nitrogens with zero attached hydrogens (tertiary/aromatic N) is 1. The van der Waals surface area contributed by atoms with Gasteiger partial charge in [-0.3, -0.25) is 4.79 Å². The normalized spacial score (nSPS) is 24.8. The average molecular weight is 375 g/mol. The first-order chi connectivity index (χ1) is 11.3. The minimum atomic E-state index is -2.86. The third-order valence-corrected chi connectivity index (χ3v) is 5.23. The number of piperidine rings is 1. The van der Waals surface area contributed by atoms with Crippen molar-refractivity contribution in [3.05, 3.63) is 28.8 Å². The van der Waals surface area contributed by atoms with Crippen LogP contribution < -0.4 is 10.1 Å². The molecule has 3 rings (SSSR count). The Kier molecular flexibility index (Phi) is 6.27. The molecule has 25 heavy (non-hydrogen) atoms. The zero-order valence-electron chi connectivity index (χ0n) is 14.7. The Morgan fingerprint density at radius 3 is 2.20 bits per heavy atom. The van der Waals surface area contributed by atoms with E-state index in [1.165, 1.54) is 12.8 Å². The van der Waals surface area contributed by atoms with Crippen molar-refractivity contribution < 1.29 is 18.3 Å². The fourth-order valence-electron chi connectivity index (χ4n) is 4.06. The quantitative estimate of drug-likeness (QED) is 0.874. The van der Waals surface area contributed by atoms with Crippen LogP contribution in [0.2, 0.25) is 0 Å². The van der Waals surface area contributed by atoms with E-state index in [4.69, 9.17) is 0 Å². The summed E-state index contributed by atoms with van der Waals surface area (Å²) in [5.41, 5.74) is 1.63. The number of halogens is 3. The molecule has 1 aromatic carbocycles. The van der Waals surface area contributed by atoms with Gasteiger partial charge < -0.3 is 15.0 Å². The Morgan fingerprint density at radius 1 is 1.20 bits per heavy atom. The van der Waals surface area contributed by atoms with Crippen LogP contribution in [0, 0.1) is 13.8 Å². The molecule has 2 saturated heterocycles. The molecular weight excluding hydrogens is 350 g/mol. The number of carbonyl (C=O) groups is 1. The van der Waals surface area contributed by atoms with Crippen LogP contribution in [0.15, 0.2) is 12.1 Å². The first kappa shape index (κ1) is 19.9. The third kappa shape index (κ3) is 4.23. The van der Waals surface area contributed by atoms with Gasteiger partial charge in [0.05, 0.1) is 0 Å². The van der Waals surface area contributed by atoms with Crippen LogP contribution in [-0.4, -0.2) is 42.6 Å². The zero-order valence-corrected chi connectivity index (χ0v) is 15.5. The molecule has 7 heteroatoms. The maximum Gasteiger partial charge on any atom is 0.387 e. The first-order valence-electron chi connectivity index (χ1n) is 8.44. The number of rotatable bonds is 4. The van der Waals surface area contributed by atoms with E-state index in [9.17, 15) is 13.6 Å². The largest absolute Gasteiger partial charge is 0.434 e. The molecule has 2 heterocycles. The molecule has 0 radical (unpaired) electrons. The second kappa shape index (κ2) is 7.87. The van der Waals surface area contributed by atoms with E-state index in [0.717, 1.165) is 12.8 Å². The van der Waals surface area contributed by atoms with Gasteiger partial charge in [-0.1, -0.05) is 0 Å². The lowest BCUT2D eigenvalue weighted by Crippen LogP contribution is -2.48. The average Bonchev–Trinajstić information content (AvgIpc) is 2.87. The van der Waals surface area contributed by atoms with E-state index in [1.807, 2.05) is 11.9 Å². The number of hydrogen-bond acceptors (Lipinski definition) is 3. The fourth-order valence-corrected chi connectivity index (χ4v) is 4.06. The Balaban J connectivity index is 0.00000225. The highest BCUT2D eigenvalue weighted by Crippen LogP contribution is 2.31. The number of ether oxygens (including phenoxy) is 1. The summed E-state index contributed by atoms with van der Waals surface area (Å²) in [5.74, 6) is 0.0974. The van der Waals surface area contributed by atoms with Gasteiger partial charge in [0.1, 0.15) is 5.75 Å². The summed E-state index contributed by atoms with van der Waals surface area (Å²) < 4.78 is 29.5. The van der Waals surface area contributed by atoms with Gasteiger partial charge in [-0.2, -0.15) is 8.78 Å². The molecule has 1 aromatic rings. The van der Waals surface area contributed by atoms with Gasteiger partial charge in [0.15, 0.2) is 0 Å². The van der Waals surface area contributed by atoms with Crippen LogP contribution in [0.3, 0.4) is 0 Å². The molecule has 0 aromatic heterocycles. The summed E-state index contributed by atoms with van der Waals surface area (Å²) >= 11 is 0. The van der Waals surface area contributed by atoms with E-state index in [0.29, 0.717) is 28.8 Å². The lowest BCUT2D eigenvalue weighted by atomic mass is 9.97. The SMILES string of the molecule is Cc1cc(C(=O)N(C)C2CC3CCC(C2)N3)cc(C)c1OC(F)F.Cl. The number of alkyl halides is 2. The number of aryl methyl sites for hydroxylation is 2. The summed E-state index contributed by atoms with van der Waals surface area (Å²) in [4.78, 5) is 14.6. The van der Waals surface area contributed by atoms with E-state index in [-0.39, 0.29) is 30.1 Å². The fraction of sp³-hybridized carbons (Fsp3) is 0.611. The molecule has 0 aliphatic carbocycles. The van der Waals surface area contributed by atoms with Crippen molar-refractivity contribution >= 4 is 18.3 Å². The maximum atomic E-state index is 12.8. The molecule has 2 bridgehead atoms. The molecule has 1 N–H and O–H groups in total. The van der Waals surface area contributed by atoms with E-state index >= 15 is 0 Å². The highest BCUT2D eigenvalue weighted by molar-refractivity contribution is 5.95. The van der Waals surface area contributed by atoms with E-state index in [1.54, 1.807) is 26.0 Å². The van der Waals surface area contributed by atoms with Gasteiger partial charge in [0.2, 0.25) is 0 Å². The molecule has 1 amide bonds. The highest BCUT2D eigenvalue weighted by Gasteiger charge is 2.36. The highest BCUT2D eigenvalue weighted by atomic mass is 35.5. The topological polar surface area (TPSA) is 41.6 Å². The minimum absolute atomic E-state index is 0. The second-order valence-electron chi connectivity index (χ2n) is 7.00. The number of benzene rings is 1. The van der Waals surface area contributed by atoms with Gasteiger partial charge in [-0.05, 0) is 62.8 Å². The Morgan fingerprint density at radius 2 is 1.72 bits per heavy atom. The van der Waals surface area contributed by atoms with Crippen LogP contribution in [0.25, 0.3) is 0 Å². The lowest BCUT2D eigenvalue weighted by Gasteiger charge is -2.35. The second-order valence-corrected chi connectivity index (χ2v) is 7.00. The van der Waals surface area contributed by atoms with Gasteiger partial charge in [0, 0.05) is 30.7 Å². The summed E-state index contributed by atoms with van der Waals surface area (Å²) in [6, 6.07) is 4.52. The van der Waals surface area contributed by atoms with Gasteiger partial charge in [0.25, 0.3) is 5.91 Å². The van der Waals surface area contributed by atoms with Crippen LogP contribution in [0.4, 0.5) is 8.78 Å². The molecule has 2 aliphatic rings. The van der Waals surface area contributed by atoms with Gasteiger partial charge >= 0.3 is 6.61 Å². The third-order valence-electron chi connectivity index (χ3n) is 5.23. The van der Waals surface area contributed by atoms with Gasteiger partial charge in [-0.15, -0.1) is 12.4 Å². The Hall–Kier alpha value is -1.40. The zero-order chi connectivity index (χ0) is 17.4. The maximum absolute atomic E-state index is 12.8. The van der Waals surface area contributed by atoms with Crippen molar-refractivity contribution in [1.29, 1.82) is 0 Å². The number of hydrogen-bond donors (Lipinski definition) is 1. The smallest absolute Gasteiger partial charge is 0.387 e. The van der Waals surface area contributed by atoms with Crippen molar-refractivity contribution in [2.45, 2.75) is 64.3 Å².